The summed E-state index contributed by atoms with van der Waals surface area (Å²) in [6.07, 6.45) is 47.6. The molecule has 0 spiro atoms. The minimum atomic E-state index is -0.766. The molecule has 324 valence electrons. The van der Waals surface area contributed by atoms with Crippen molar-refractivity contribution in [2.24, 2.45) is 0 Å². The number of carbonyl (C=O) groups excluding carboxylic acids is 3. The summed E-state index contributed by atoms with van der Waals surface area (Å²) in [6.45, 7) is 6.62. The molecule has 0 fully saturated rings. The highest BCUT2D eigenvalue weighted by Gasteiger charge is 2.19. The fraction of sp³-hybridized carbons (Fsp3) is 0.898. The molecule has 0 aromatic carbocycles. The van der Waals surface area contributed by atoms with Crippen LogP contribution in [0, 0.1) is 0 Å². The minimum absolute atomic E-state index is 0.0686. The number of hydrogen-bond acceptors (Lipinski definition) is 6. The first-order valence-electron chi connectivity index (χ1n) is 24.2. The fourth-order valence-corrected chi connectivity index (χ4v) is 7.08. The summed E-state index contributed by atoms with van der Waals surface area (Å²) < 4.78 is 16.7. The lowest BCUT2D eigenvalue weighted by molar-refractivity contribution is -0.167. The van der Waals surface area contributed by atoms with E-state index in [1.54, 1.807) is 0 Å². The molecule has 0 unspecified atom stereocenters. The Kier molecular flexibility index (Phi) is 43.4. The van der Waals surface area contributed by atoms with E-state index in [0.29, 0.717) is 19.3 Å². The van der Waals surface area contributed by atoms with Crippen LogP contribution >= 0.6 is 0 Å². The quantitative estimate of drug-likeness (QED) is 0.0265. The van der Waals surface area contributed by atoms with E-state index < -0.39 is 6.10 Å². The van der Waals surface area contributed by atoms with E-state index in [2.05, 4.69) is 32.9 Å². The summed E-state index contributed by atoms with van der Waals surface area (Å²) in [5, 5.41) is 0. The average Bonchev–Trinajstić information content (AvgIpc) is 3.18. The number of hydrogen-bond donors (Lipinski definition) is 0. The lowest BCUT2D eigenvalue weighted by Gasteiger charge is -2.18. The highest BCUT2D eigenvalue weighted by Crippen LogP contribution is 2.15. The second kappa shape index (κ2) is 44.9. The van der Waals surface area contributed by atoms with Gasteiger partial charge in [-0.25, -0.2) is 0 Å². The number of esters is 3. The Morgan fingerprint density at radius 3 is 0.945 bits per heavy atom. The second-order valence-electron chi connectivity index (χ2n) is 16.4. The van der Waals surface area contributed by atoms with Gasteiger partial charge in [-0.3, -0.25) is 14.4 Å². The van der Waals surface area contributed by atoms with Crippen molar-refractivity contribution in [1.82, 2.24) is 0 Å². The third-order valence-corrected chi connectivity index (χ3v) is 10.8. The van der Waals surface area contributed by atoms with Gasteiger partial charge in [0.05, 0.1) is 0 Å². The van der Waals surface area contributed by atoms with E-state index >= 15 is 0 Å². The van der Waals surface area contributed by atoms with E-state index in [1.165, 1.54) is 161 Å². The third-order valence-electron chi connectivity index (χ3n) is 10.8. The Hall–Kier alpha value is -1.85. The van der Waals surface area contributed by atoms with Gasteiger partial charge in [-0.05, 0) is 44.9 Å². The van der Waals surface area contributed by atoms with Crippen molar-refractivity contribution < 1.29 is 28.6 Å². The second-order valence-corrected chi connectivity index (χ2v) is 16.4. The molecule has 0 bridgehead atoms. The summed E-state index contributed by atoms with van der Waals surface area (Å²) in [4.78, 5) is 37.8. The maximum atomic E-state index is 12.7. The van der Waals surface area contributed by atoms with E-state index in [4.69, 9.17) is 14.2 Å². The molecular formula is C49H92O6. The SMILES string of the molecule is CCCCC/C=C\CCCCCCCC(=O)O[C@H](COC(=O)CCCCCCCCCCCCCC)COC(=O)CCCCCCCCCCCCCCC. The van der Waals surface area contributed by atoms with Gasteiger partial charge >= 0.3 is 17.9 Å². The van der Waals surface area contributed by atoms with Crippen LogP contribution in [0.4, 0.5) is 0 Å². The van der Waals surface area contributed by atoms with Crippen LogP contribution in [0.3, 0.4) is 0 Å². The maximum absolute atomic E-state index is 12.7. The van der Waals surface area contributed by atoms with Gasteiger partial charge in [0.1, 0.15) is 13.2 Å². The molecule has 0 saturated carbocycles. The molecule has 0 aliphatic carbocycles. The largest absolute Gasteiger partial charge is 0.462 e. The van der Waals surface area contributed by atoms with Gasteiger partial charge < -0.3 is 14.2 Å². The molecule has 0 rings (SSSR count). The smallest absolute Gasteiger partial charge is 0.306 e. The predicted molar refractivity (Wildman–Crippen MR) is 233 cm³/mol. The average molecular weight is 777 g/mol. The van der Waals surface area contributed by atoms with E-state index in [-0.39, 0.29) is 31.1 Å². The number of unbranched alkanes of at least 4 members (excludes halogenated alkanes) is 31. The Balaban J connectivity index is 4.34. The van der Waals surface area contributed by atoms with Crippen LogP contribution in [-0.2, 0) is 28.6 Å². The summed E-state index contributed by atoms with van der Waals surface area (Å²) in [7, 11) is 0. The molecule has 0 saturated heterocycles. The molecule has 0 aromatic heterocycles. The van der Waals surface area contributed by atoms with Crippen LogP contribution in [0.1, 0.15) is 265 Å². The highest BCUT2D eigenvalue weighted by molar-refractivity contribution is 5.71. The third kappa shape index (κ3) is 43.1. The molecule has 55 heavy (non-hydrogen) atoms. The Labute approximate surface area is 341 Å². The Morgan fingerprint density at radius 2 is 0.600 bits per heavy atom. The van der Waals surface area contributed by atoms with Crippen molar-refractivity contribution in [1.29, 1.82) is 0 Å². The van der Waals surface area contributed by atoms with Crippen LogP contribution in [0.2, 0.25) is 0 Å². The van der Waals surface area contributed by atoms with Crippen LogP contribution in [0.15, 0.2) is 12.2 Å². The number of allylic oxidation sites excluding steroid dienone is 2. The number of rotatable bonds is 44. The van der Waals surface area contributed by atoms with Crippen molar-refractivity contribution in [3.63, 3.8) is 0 Å². The van der Waals surface area contributed by atoms with Crippen molar-refractivity contribution in [3.8, 4) is 0 Å². The zero-order valence-electron chi connectivity index (χ0n) is 37.0. The molecule has 0 heterocycles. The summed E-state index contributed by atoms with van der Waals surface area (Å²) in [6, 6.07) is 0. The molecule has 0 N–H and O–H groups in total. The summed E-state index contributed by atoms with van der Waals surface area (Å²) in [5.74, 6) is -0.866. The minimum Gasteiger partial charge on any atom is -0.462 e. The fourth-order valence-electron chi connectivity index (χ4n) is 7.08. The van der Waals surface area contributed by atoms with Gasteiger partial charge in [0.15, 0.2) is 6.10 Å². The Bertz CT molecular complexity index is 854. The van der Waals surface area contributed by atoms with Gasteiger partial charge in [0, 0.05) is 19.3 Å². The van der Waals surface area contributed by atoms with Crippen molar-refractivity contribution >= 4 is 17.9 Å². The molecule has 0 aliphatic heterocycles. The lowest BCUT2D eigenvalue weighted by atomic mass is 10.0. The molecule has 0 amide bonds. The van der Waals surface area contributed by atoms with E-state index in [1.807, 2.05) is 0 Å². The Morgan fingerprint density at radius 1 is 0.345 bits per heavy atom. The maximum Gasteiger partial charge on any atom is 0.306 e. The van der Waals surface area contributed by atoms with Crippen LogP contribution in [0.5, 0.6) is 0 Å². The first kappa shape index (κ1) is 53.1. The zero-order valence-corrected chi connectivity index (χ0v) is 37.0. The van der Waals surface area contributed by atoms with E-state index in [9.17, 15) is 14.4 Å². The van der Waals surface area contributed by atoms with Crippen LogP contribution in [-0.4, -0.2) is 37.2 Å². The zero-order chi connectivity index (χ0) is 40.1. The molecule has 6 heteroatoms. The normalized spacial score (nSPS) is 12.0. The molecule has 1 atom stereocenters. The van der Waals surface area contributed by atoms with Gasteiger partial charge in [-0.15, -0.1) is 0 Å². The first-order valence-corrected chi connectivity index (χ1v) is 24.2. The van der Waals surface area contributed by atoms with Gasteiger partial charge in [-0.1, -0.05) is 213 Å². The van der Waals surface area contributed by atoms with Crippen molar-refractivity contribution in [2.75, 3.05) is 13.2 Å². The number of ether oxygens (including phenoxy) is 3. The first-order chi connectivity index (χ1) is 27.0. The van der Waals surface area contributed by atoms with Gasteiger partial charge in [0.25, 0.3) is 0 Å². The van der Waals surface area contributed by atoms with Gasteiger partial charge in [-0.2, -0.15) is 0 Å². The monoisotopic (exact) mass is 777 g/mol. The molecule has 0 radical (unpaired) electrons. The van der Waals surface area contributed by atoms with Crippen LogP contribution < -0.4 is 0 Å². The summed E-state index contributed by atoms with van der Waals surface area (Å²) >= 11 is 0. The summed E-state index contributed by atoms with van der Waals surface area (Å²) in [5.41, 5.74) is 0. The molecule has 0 aromatic rings. The van der Waals surface area contributed by atoms with Crippen molar-refractivity contribution in [3.05, 3.63) is 12.2 Å². The van der Waals surface area contributed by atoms with Gasteiger partial charge in [0.2, 0.25) is 0 Å². The van der Waals surface area contributed by atoms with E-state index in [0.717, 1.165) is 64.2 Å². The standard InChI is InChI=1S/C49H92O6/c1-4-7-10-13-16-19-22-25-28-30-33-36-39-42-48(51)54-45-46(55-49(52)43-40-37-34-31-27-24-21-18-15-12-9-6-3)44-53-47(50)41-38-35-32-29-26-23-20-17-14-11-8-5-2/h18,21,46H,4-17,19-20,22-45H2,1-3H3/b21-18-/t46-/m1/s1. The molecular weight excluding hydrogens is 685 g/mol. The number of carbonyl (C=O) groups is 3. The molecule has 0 aliphatic rings. The molecule has 6 nitrogen and oxygen atoms in total. The highest BCUT2D eigenvalue weighted by atomic mass is 16.6. The van der Waals surface area contributed by atoms with Crippen LogP contribution in [0.25, 0.3) is 0 Å². The van der Waals surface area contributed by atoms with Crippen molar-refractivity contribution in [2.45, 2.75) is 271 Å². The topological polar surface area (TPSA) is 78.9 Å². The lowest BCUT2D eigenvalue weighted by Crippen LogP contribution is -2.30. The predicted octanol–water partition coefficient (Wildman–Crippen LogP) is 15.4.